The molecule has 0 saturated carbocycles. The summed E-state index contributed by atoms with van der Waals surface area (Å²) in [4.78, 5) is 60.1. The zero-order valence-electron chi connectivity index (χ0n) is 22.7. The van der Waals surface area contributed by atoms with E-state index in [1.807, 2.05) is 0 Å². The van der Waals surface area contributed by atoms with E-state index in [0.29, 0.717) is 10.6 Å². The van der Waals surface area contributed by atoms with Crippen LogP contribution in [0.2, 0.25) is 5.02 Å². The molecule has 1 aliphatic rings. The van der Waals surface area contributed by atoms with Gasteiger partial charge < -0.3 is 33.5 Å². The minimum absolute atomic E-state index is 0.00459. The van der Waals surface area contributed by atoms with Gasteiger partial charge in [0.2, 0.25) is 12.4 Å². The van der Waals surface area contributed by atoms with Crippen LogP contribution in [0.1, 0.15) is 43.6 Å². The van der Waals surface area contributed by atoms with Gasteiger partial charge in [-0.05, 0) is 29.8 Å². The first kappa shape index (κ1) is 31.4. The summed E-state index contributed by atoms with van der Waals surface area (Å²) in [6.07, 6.45) is -6.93. The van der Waals surface area contributed by atoms with Crippen LogP contribution in [0, 0.1) is 0 Å². The topological polar surface area (TPSA) is 161 Å². The molecule has 0 aromatic heterocycles. The molecular weight excluding hydrogens is 564 g/mol. The third kappa shape index (κ3) is 8.92. The second kappa shape index (κ2) is 14.0. The summed E-state index contributed by atoms with van der Waals surface area (Å²) < 4.78 is 32.8. The number of rotatable bonds is 10. The first-order valence-electron chi connectivity index (χ1n) is 12.4. The van der Waals surface area contributed by atoms with E-state index in [9.17, 15) is 29.1 Å². The van der Waals surface area contributed by atoms with Crippen molar-refractivity contribution in [3.05, 3.63) is 58.6 Å². The van der Waals surface area contributed by atoms with Gasteiger partial charge in [-0.3, -0.25) is 24.0 Å². The van der Waals surface area contributed by atoms with E-state index < -0.39 is 66.9 Å². The zero-order valence-corrected chi connectivity index (χ0v) is 23.4. The summed E-state index contributed by atoms with van der Waals surface area (Å²) in [5, 5.41) is 11.1. The first-order chi connectivity index (χ1) is 19.3. The Morgan fingerprint density at radius 1 is 0.805 bits per heavy atom. The minimum atomic E-state index is -1.49. The van der Waals surface area contributed by atoms with Gasteiger partial charge in [-0.1, -0.05) is 23.7 Å². The fourth-order valence-electron chi connectivity index (χ4n) is 4.12. The Kier molecular flexibility index (Phi) is 10.7. The lowest BCUT2D eigenvalue weighted by Gasteiger charge is -2.43. The summed E-state index contributed by atoms with van der Waals surface area (Å²) in [5.41, 5.74) is 0.713. The molecule has 0 aliphatic carbocycles. The van der Waals surface area contributed by atoms with Gasteiger partial charge in [-0.25, -0.2) is 0 Å². The van der Waals surface area contributed by atoms with Crippen molar-refractivity contribution >= 4 is 41.3 Å². The van der Waals surface area contributed by atoms with E-state index in [0.717, 1.165) is 33.8 Å². The maximum atomic E-state index is 12.8. The fraction of sp³-hybridized carbons (Fsp3) is 0.393. The van der Waals surface area contributed by atoms with Gasteiger partial charge in [0.05, 0.1) is 5.56 Å². The molecule has 1 saturated heterocycles. The van der Waals surface area contributed by atoms with E-state index >= 15 is 0 Å². The molecule has 0 radical (unpaired) electrons. The molecule has 5 atom stereocenters. The monoisotopic (exact) mass is 592 g/mol. The number of ketones is 1. The number of esters is 4. The van der Waals surface area contributed by atoms with Gasteiger partial charge in [-0.2, -0.15) is 0 Å². The summed E-state index contributed by atoms with van der Waals surface area (Å²) in [6.45, 7) is 4.03. The zero-order chi connectivity index (χ0) is 30.3. The Labute approximate surface area is 240 Å². The smallest absolute Gasteiger partial charge is 0.303 e. The standard InChI is InChI=1S/C28H29ClO12/c1-14(30)36-13-24-25(37-15(2)31)26(38-16(3)32)27(39-17(4)33)28(41-24)40-20-9-10-21(23(35)12-20)22(34)11-18-5-7-19(29)8-6-18/h5-10,12,24-28,35H,11,13H2,1-4H3. The second-order valence-electron chi connectivity index (χ2n) is 9.09. The third-order valence-corrected chi connectivity index (χ3v) is 6.00. The van der Waals surface area contributed by atoms with E-state index in [2.05, 4.69) is 0 Å². The van der Waals surface area contributed by atoms with E-state index in [-0.39, 0.29) is 23.5 Å². The Balaban J connectivity index is 1.90. The van der Waals surface area contributed by atoms with Crippen LogP contribution in [0.3, 0.4) is 0 Å². The molecule has 1 fully saturated rings. The molecule has 41 heavy (non-hydrogen) atoms. The molecule has 2 aromatic rings. The molecule has 1 aliphatic heterocycles. The van der Waals surface area contributed by atoms with Crippen molar-refractivity contribution in [1.82, 2.24) is 0 Å². The van der Waals surface area contributed by atoms with E-state index in [1.54, 1.807) is 24.3 Å². The Hall–Kier alpha value is -4.16. The summed E-state index contributed by atoms with van der Waals surface area (Å²) >= 11 is 5.89. The normalized spacial score (nSPS) is 21.7. The average Bonchev–Trinajstić information content (AvgIpc) is 2.87. The number of carbonyl (C=O) groups excluding carboxylic acids is 5. The number of halogens is 1. The number of aromatic hydroxyl groups is 1. The maximum absolute atomic E-state index is 12.8. The third-order valence-electron chi connectivity index (χ3n) is 5.75. The van der Waals surface area contributed by atoms with Crippen LogP contribution >= 0.6 is 11.6 Å². The number of Topliss-reactive ketones (excluding diaryl/α,β-unsaturated/α-hetero) is 1. The summed E-state index contributed by atoms with van der Waals surface area (Å²) in [5.74, 6) is -3.80. The highest BCUT2D eigenvalue weighted by Crippen LogP contribution is 2.33. The van der Waals surface area contributed by atoms with Crippen molar-refractivity contribution in [3.8, 4) is 11.5 Å². The lowest BCUT2D eigenvalue weighted by Crippen LogP contribution is -2.63. The average molecular weight is 593 g/mol. The Morgan fingerprint density at radius 3 is 1.95 bits per heavy atom. The highest BCUT2D eigenvalue weighted by atomic mass is 35.5. The second-order valence-corrected chi connectivity index (χ2v) is 9.53. The Morgan fingerprint density at radius 2 is 1.39 bits per heavy atom. The molecule has 220 valence electrons. The molecule has 5 unspecified atom stereocenters. The van der Waals surface area contributed by atoms with Gasteiger partial charge in [0.25, 0.3) is 0 Å². The lowest BCUT2D eigenvalue weighted by atomic mass is 9.98. The first-order valence-corrected chi connectivity index (χ1v) is 12.8. The van der Waals surface area contributed by atoms with Gasteiger partial charge >= 0.3 is 23.9 Å². The van der Waals surface area contributed by atoms with Crippen molar-refractivity contribution in [2.24, 2.45) is 0 Å². The van der Waals surface area contributed by atoms with Gasteiger partial charge in [0.15, 0.2) is 18.0 Å². The van der Waals surface area contributed by atoms with E-state index in [1.165, 1.54) is 12.1 Å². The number of phenols is 1. The molecule has 3 rings (SSSR count). The number of phenolic OH excluding ortho intramolecular Hbond substituents is 1. The van der Waals surface area contributed by atoms with Crippen molar-refractivity contribution < 1.29 is 57.5 Å². The van der Waals surface area contributed by atoms with Crippen LogP contribution in [0.5, 0.6) is 11.5 Å². The number of hydrogen-bond acceptors (Lipinski definition) is 12. The molecule has 13 heteroatoms. The minimum Gasteiger partial charge on any atom is -0.507 e. The van der Waals surface area contributed by atoms with Crippen LogP contribution in [-0.2, 0) is 49.3 Å². The SMILES string of the molecule is CC(=O)OCC1OC(Oc2ccc(C(=O)Cc3ccc(Cl)cc3)c(O)c2)C(OC(C)=O)C(OC(C)=O)C1OC(C)=O. The molecule has 0 spiro atoms. The van der Waals surface area contributed by atoms with Crippen molar-refractivity contribution in [2.75, 3.05) is 6.61 Å². The molecule has 1 N–H and O–H groups in total. The summed E-state index contributed by atoms with van der Waals surface area (Å²) in [6, 6.07) is 10.6. The number of hydrogen-bond donors (Lipinski definition) is 1. The predicted molar refractivity (Wildman–Crippen MR) is 140 cm³/mol. The number of ether oxygens (including phenoxy) is 6. The van der Waals surface area contributed by atoms with E-state index in [4.69, 9.17) is 40.0 Å². The Bertz CT molecular complexity index is 1290. The van der Waals surface area contributed by atoms with Gasteiger partial charge in [0, 0.05) is 45.2 Å². The molecular formula is C28H29ClO12. The largest absolute Gasteiger partial charge is 0.507 e. The fourth-order valence-corrected chi connectivity index (χ4v) is 4.25. The predicted octanol–water partition coefficient (Wildman–Crippen LogP) is 2.93. The van der Waals surface area contributed by atoms with Crippen LogP contribution < -0.4 is 4.74 Å². The quantitative estimate of drug-likeness (QED) is 0.244. The lowest BCUT2D eigenvalue weighted by molar-refractivity contribution is -0.288. The van der Waals surface area contributed by atoms with Crippen molar-refractivity contribution in [2.45, 2.75) is 64.8 Å². The highest BCUT2D eigenvalue weighted by molar-refractivity contribution is 6.30. The molecule has 1 heterocycles. The molecule has 0 amide bonds. The molecule has 12 nitrogen and oxygen atoms in total. The summed E-state index contributed by atoms with van der Waals surface area (Å²) in [7, 11) is 0. The maximum Gasteiger partial charge on any atom is 0.303 e. The van der Waals surface area contributed by atoms with Crippen molar-refractivity contribution in [3.63, 3.8) is 0 Å². The number of carbonyl (C=O) groups is 5. The van der Waals surface area contributed by atoms with Gasteiger partial charge in [0.1, 0.15) is 24.2 Å². The van der Waals surface area contributed by atoms with Crippen molar-refractivity contribution in [1.29, 1.82) is 0 Å². The van der Waals surface area contributed by atoms with Gasteiger partial charge in [-0.15, -0.1) is 0 Å². The van der Waals surface area contributed by atoms with Crippen LogP contribution in [0.25, 0.3) is 0 Å². The number of benzene rings is 2. The van der Waals surface area contributed by atoms with Crippen LogP contribution in [-0.4, -0.2) is 72.1 Å². The highest BCUT2D eigenvalue weighted by Gasteiger charge is 2.53. The molecule has 2 aromatic carbocycles. The van der Waals surface area contributed by atoms with Crippen LogP contribution in [0.4, 0.5) is 0 Å². The van der Waals surface area contributed by atoms with Crippen LogP contribution in [0.15, 0.2) is 42.5 Å². The molecule has 0 bridgehead atoms.